The number of amides is 1. The Morgan fingerprint density at radius 2 is 2.50 bits per heavy atom. The molecule has 1 aliphatic heterocycles. The molecule has 5 N–H and O–H groups in total. The second-order valence-electron chi connectivity index (χ2n) is 2.56. The van der Waals surface area contributed by atoms with Crippen molar-refractivity contribution in [3.05, 3.63) is 11.8 Å². The second kappa shape index (κ2) is 3.87. The largest absolute Gasteiger partial charge is 0.404 e. The molecule has 1 aliphatic rings. The Labute approximate surface area is 70.5 Å². The van der Waals surface area contributed by atoms with Gasteiger partial charge < -0.3 is 21.8 Å². The fourth-order valence-electron chi connectivity index (χ4n) is 1.09. The Morgan fingerprint density at radius 1 is 1.75 bits per heavy atom. The molecule has 0 saturated carbocycles. The molecule has 5 nitrogen and oxygen atoms in total. The van der Waals surface area contributed by atoms with E-state index in [1.54, 1.807) is 0 Å². The molecule has 1 atom stereocenters. The Morgan fingerprint density at radius 3 is 3.00 bits per heavy atom. The van der Waals surface area contributed by atoms with Gasteiger partial charge in [-0.05, 0) is 0 Å². The lowest BCUT2D eigenvalue weighted by Gasteiger charge is -2.24. The van der Waals surface area contributed by atoms with E-state index < -0.39 is 0 Å². The van der Waals surface area contributed by atoms with Gasteiger partial charge in [-0.3, -0.25) is 4.79 Å². The van der Waals surface area contributed by atoms with Gasteiger partial charge in [0.15, 0.2) is 0 Å². The SMILES string of the molecule is N=C/C(=C\N)C1CNCC(=O)N1. The predicted molar refractivity (Wildman–Crippen MR) is 45.9 cm³/mol. The number of carbonyl (C=O) groups is 1. The van der Waals surface area contributed by atoms with Gasteiger partial charge in [0.05, 0.1) is 12.6 Å². The molecule has 0 spiro atoms. The van der Waals surface area contributed by atoms with E-state index in [1.807, 2.05) is 0 Å². The molecule has 5 heteroatoms. The minimum absolute atomic E-state index is 0.0625. The van der Waals surface area contributed by atoms with Crippen molar-refractivity contribution in [3.8, 4) is 0 Å². The van der Waals surface area contributed by atoms with E-state index in [2.05, 4.69) is 10.6 Å². The summed E-state index contributed by atoms with van der Waals surface area (Å²) in [4.78, 5) is 10.9. The summed E-state index contributed by atoms with van der Waals surface area (Å²) in [7, 11) is 0. The van der Waals surface area contributed by atoms with E-state index in [1.165, 1.54) is 6.20 Å². The molecule has 0 aromatic rings. The lowest BCUT2D eigenvalue weighted by Crippen LogP contribution is -2.53. The first-order chi connectivity index (χ1) is 5.77. The summed E-state index contributed by atoms with van der Waals surface area (Å²) in [6.07, 6.45) is 2.49. The van der Waals surface area contributed by atoms with Gasteiger partial charge in [-0.15, -0.1) is 0 Å². The lowest BCUT2D eigenvalue weighted by atomic mass is 10.1. The van der Waals surface area contributed by atoms with Crippen LogP contribution in [0.3, 0.4) is 0 Å². The van der Waals surface area contributed by atoms with Gasteiger partial charge in [0, 0.05) is 24.5 Å². The molecule has 1 heterocycles. The highest BCUT2D eigenvalue weighted by molar-refractivity contribution is 5.84. The summed E-state index contributed by atoms with van der Waals surface area (Å²) < 4.78 is 0. The number of piperazine rings is 1. The van der Waals surface area contributed by atoms with Crippen molar-refractivity contribution in [2.24, 2.45) is 5.73 Å². The predicted octanol–water partition coefficient (Wildman–Crippen LogP) is -1.43. The number of rotatable bonds is 2. The van der Waals surface area contributed by atoms with Crippen LogP contribution in [0.2, 0.25) is 0 Å². The van der Waals surface area contributed by atoms with Gasteiger partial charge in [0.25, 0.3) is 0 Å². The van der Waals surface area contributed by atoms with E-state index in [-0.39, 0.29) is 11.9 Å². The van der Waals surface area contributed by atoms with Crippen molar-refractivity contribution >= 4 is 12.1 Å². The number of carbonyl (C=O) groups excluding carboxylic acids is 1. The standard InChI is InChI=1S/C7H12N4O/c8-1-5(2-9)6-3-10-4-7(12)11-6/h1-2,6,8,10H,3-4,9H2,(H,11,12)/b5-2+,8-1?. The topological polar surface area (TPSA) is 91.0 Å². The number of nitrogens with one attached hydrogen (secondary N) is 3. The molecule has 12 heavy (non-hydrogen) atoms. The molecule has 1 unspecified atom stereocenters. The molecule has 1 amide bonds. The van der Waals surface area contributed by atoms with Crippen LogP contribution in [0.15, 0.2) is 11.8 Å². The van der Waals surface area contributed by atoms with Crippen molar-refractivity contribution in [1.29, 1.82) is 5.41 Å². The molecule has 1 fully saturated rings. The zero-order valence-corrected chi connectivity index (χ0v) is 6.63. The van der Waals surface area contributed by atoms with Gasteiger partial charge in [0.1, 0.15) is 0 Å². The van der Waals surface area contributed by atoms with Crippen molar-refractivity contribution in [3.63, 3.8) is 0 Å². The summed E-state index contributed by atoms with van der Waals surface area (Å²) in [6, 6.07) is -0.159. The van der Waals surface area contributed by atoms with Gasteiger partial charge in [-0.25, -0.2) is 0 Å². The van der Waals surface area contributed by atoms with Crippen LogP contribution < -0.4 is 16.4 Å². The van der Waals surface area contributed by atoms with E-state index in [4.69, 9.17) is 11.1 Å². The fourth-order valence-corrected chi connectivity index (χ4v) is 1.09. The van der Waals surface area contributed by atoms with Crippen molar-refractivity contribution < 1.29 is 4.79 Å². The maximum absolute atomic E-state index is 10.9. The summed E-state index contributed by atoms with van der Waals surface area (Å²) in [6.45, 7) is 0.969. The second-order valence-corrected chi connectivity index (χ2v) is 2.56. The van der Waals surface area contributed by atoms with E-state index in [0.29, 0.717) is 18.7 Å². The van der Waals surface area contributed by atoms with E-state index in [0.717, 1.165) is 6.21 Å². The Bertz CT molecular complexity index is 223. The summed E-state index contributed by atoms with van der Waals surface area (Å²) in [5.74, 6) is -0.0625. The van der Waals surface area contributed by atoms with Crippen LogP contribution in [0.25, 0.3) is 0 Å². The molecule has 1 saturated heterocycles. The van der Waals surface area contributed by atoms with E-state index in [9.17, 15) is 4.79 Å². The van der Waals surface area contributed by atoms with Crippen LogP contribution >= 0.6 is 0 Å². The highest BCUT2D eigenvalue weighted by atomic mass is 16.2. The van der Waals surface area contributed by atoms with Crippen LogP contribution in [-0.4, -0.2) is 31.3 Å². The molecule has 0 aromatic heterocycles. The monoisotopic (exact) mass is 168 g/mol. The third kappa shape index (κ3) is 1.82. The highest BCUT2D eigenvalue weighted by Crippen LogP contribution is 1.99. The fraction of sp³-hybridized carbons (Fsp3) is 0.429. The molecule has 0 aromatic carbocycles. The first-order valence-corrected chi connectivity index (χ1v) is 3.70. The summed E-state index contributed by atoms with van der Waals surface area (Å²) in [5.41, 5.74) is 5.89. The van der Waals surface area contributed by atoms with Crippen LogP contribution in [-0.2, 0) is 4.79 Å². The molecular weight excluding hydrogens is 156 g/mol. The molecular formula is C7H12N4O. The number of hydrogen-bond acceptors (Lipinski definition) is 4. The molecule has 66 valence electrons. The van der Waals surface area contributed by atoms with Crippen LogP contribution in [0.5, 0.6) is 0 Å². The number of nitrogens with two attached hydrogens (primary N) is 1. The minimum atomic E-state index is -0.159. The average Bonchev–Trinajstić information content (AvgIpc) is 2.07. The molecule has 0 bridgehead atoms. The zero-order chi connectivity index (χ0) is 8.97. The molecule has 1 rings (SSSR count). The smallest absolute Gasteiger partial charge is 0.234 e. The Kier molecular flexibility index (Phi) is 2.82. The average molecular weight is 168 g/mol. The molecule has 0 radical (unpaired) electrons. The minimum Gasteiger partial charge on any atom is -0.404 e. The van der Waals surface area contributed by atoms with Crippen LogP contribution in [0.1, 0.15) is 0 Å². The van der Waals surface area contributed by atoms with E-state index >= 15 is 0 Å². The van der Waals surface area contributed by atoms with Gasteiger partial charge in [0.2, 0.25) is 5.91 Å². The Balaban J connectivity index is 2.61. The quantitative estimate of drug-likeness (QED) is 0.381. The van der Waals surface area contributed by atoms with Crippen molar-refractivity contribution in [1.82, 2.24) is 10.6 Å². The maximum atomic E-state index is 10.9. The number of hydrogen-bond donors (Lipinski definition) is 4. The van der Waals surface area contributed by atoms with Crippen molar-refractivity contribution in [2.75, 3.05) is 13.1 Å². The summed E-state index contributed by atoms with van der Waals surface area (Å²) >= 11 is 0. The normalized spacial score (nSPS) is 24.8. The van der Waals surface area contributed by atoms with Gasteiger partial charge in [-0.2, -0.15) is 0 Å². The molecule has 0 aliphatic carbocycles. The third-order valence-electron chi connectivity index (χ3n) is 1.73. The summed E-state index contributed by atoms with van der Waals surface area (Å²) in [5, 5.41) is 12.6. The Hall–Kier alpha value is -1.36. The zero-order valence-electron chi connectivity index (χ0n) is 6.63. The van der Waals surface area contributed by atoms with Gasteiger partial charge in [-0.1, -0.05) is 0 Å². The van der Waals surface area contributed by atoms with Gasteiger partial charge >= 0.3 is 0 Å². The third-order valence-corrected chi connectivity index (χ3v) is 1.73. The van der Waals surface area contributed by atoms with Crippen molar-refractivity contribution in [2.45, 2.75) is 6.04 Å². The van der Waals surface area contributed by atoms with Crippen LogP contribution in [0.4, 0.5) is 0 Å². The lowest BCUT2D eigenvalue weighted by molar-refractivity contribution is -0.121. The first kappa shape index (κ1) is 8.73. The first-order valence-electron chi connectivity index (χ1n) is 3.70. The highest BCUT2D eigenvalue weighted by Gasteiger charge is 2.19. The van der Waals surface area contributed by atoms with Crippen LogP contribution in [0, 0.1) is 5.41 Å². The maximum Gasteiger partial charge on any atom is 0.234 e.